The predicted molar refractivity (Wildman–Crippen MR) is 47.5 cm³/mol. The van der Waals surface area contributed by atoms with Gasteiger partial charge in [0.25, 0.3) is 0 Å². The molecule has 2 aliphatic rings. The lowest BCUT2D eigenvalue weighted by Crippen LogP contribution is -2.99. The van der Waals surface area contributed by atoms with Crippen molar-refractivity contribution in [3.8, 4) is 0 Å². The van der Waals surface area contributed by atoms with E-state index in [1.807, 2.05) is 0 Å². The van der Waals surface area contributed by atoms with E-state index in [2.05, 4.69) is 42.8 Å². The fourth-order valence-electron chi connectivity index (χ4n) is 1.07. The van der Waals surface area contributed by atoms with Crippen molar-refractivity contribution in [3.63, 3.8) is 0 Å². The van der Waals surface area contributed by atoms with Gasteiger partial charge < -0.3 is 9.90 Å². The summed E-state index contributed by atoms with van der Waals surface area (Å²) in [5, 5.41) is 8.78. The Balaban J connectivity index is 0.000000168. The van der Waals surface area contributed by atoms with Gasteiger partial charge in [-0.1, -0.05) is 6.08 Å². The summed E-state index contributed by atoms with van der Waals surface area (Å²) in [6, 6.07) is 0. The molecule has 0 saturated carbocycles. The molecule has 1 N–H and O–H groups in total. The highest BCUT2D eigenvalue weighted by molar-refractivity contribution is 5.70. The first-order chi connectivity index (χ1) is 7.41. The number of aliphatic carboxylic acids is 1. The molecule has 86 valence electrons. The van der Waals surface area contributed by atoms with Crippen molar-refractivity contribution in [2.75, 3.05) is 0 Å². The summed E-state index contributed by atoms with van der Waals surface area (Å²) in [4.78, 5) is 10.1. The van der Waals surface area contributed by atoms with Crippen LogP contribution in [0, 0.1) is 0 Å². The monoisotopic (exact) mass is 231 g/mol. The molecule has 0 aliphatic carbocycles. The predicted octanol–water partition coefficient (Wildman–Crippen LogP) is -0.335. The quantitative estimate of drug-likeness (QED) is 0.620. The van der Waals surface area contributed by atoms with Crippen LogP contribution in [0.25, 0.3) is 0 Å². The second-order valence-electron chi connectivity index (χ2n) is 2.94. The van der Waals surface area contributed by atoms with E-state index in [9.17, 15) is 13.2 Å². The van der Waals surface area contributed by atoms with Crippen molar-refractivity contribution in [2.45, 2.75) is 6.18 Å². The molecule has 0 aromatic heterocycles. The Morgan fingerprint density at radius 3 is 2.25 bits per heavy atom. The number of hydrogen-bond acceptors (Lipinski definition) is 2. The van der Waals surface area contributed by atoms with Crippen LogP contribution in [-0.4, -0.2) is 12.1 Å². The molecule has 1 unspecified atom stereocenters. The van der Waals surface area contributed by atoms with Gasteiger partial charge in [0.2, 0.25) is 0 Å². The molecule has 1 atom stereocenters. The Morgan fingerprint density at radius 1 is 1.19 bits per heavy atom. The number of quaternary nitrogens is 1. The summed E-state index contributed by atoms with van der Waals surface area (Å²) in [6.45, 7) is 0. The van der Waals surface area contributed by atoms with E-state index in [0.29, 0.717) is 0 Å². The number of allylic oxidation sites excluding steroid dienone is 5. The Morgan fingerprint density at radius 2 is 1.75 bits per heavy atom. The lowest BCUT2D eigenvalue weighted by molar-refractivity contribution is -0.739. The van der Waals surface area contributed by atoms with Gasteiger partial charge in [0.1, 0.15) is 24.1 Å². The lowest BCUT2D eigenvalue weighted by atomic mass is 10.3. The van der Waals surface area contributed by atoms with Gasteiger partial charge in [0.15, 0.2) is 0 Å². The van der Waals surface area contributed by atoms with E-state index < -0.39 is 12.1 Å². The third kappa shape index (κ3) is 3.39. The standard InChI is InChI=1S/C8H7N.C2HF3O2/c1-2-6-9-7-3-5-8(9)4-1;3-2(4,5)1(6)7/h1-7H;(H,6,7). The van der Waals surface area contributed by atoms with Crippen LogP contribution >= 0.6 is 0 Å². The number of alkyl halides is 3. The Kier molecular flexibility index (Phi) is 3.68. The second kappa shape index (κ2) is 4.80. The zero-order chi connectivity index (χ0) is 12.2. The average molecular weight is 231 g/mol. The summed E-state index contributed by atoms with van der Waals surface area (Å²) in [7, 11) is 0. The van der Waals surface area contributed by atoms with Gasteiger partial charge in [0, 0.05) is 12.2 Å². The van der Waals surface area contributed by atoms with Gasteiger partial charge in [-0.15, -0.1) is 0 Å². The molecule has 3 nitrogen and oxygen atoms in total. The number of rotatable bonds is 0. The number of carboxylic acid groups (broad SMARTS) is 1. The summed E-state index contributed by atoms with van der Waals surface area (Å²) in [5.41, 5.74) is 1.33. The van der Waals surface area contributed by atoms with Crippen molar-refractivity contribution < 1.29 is 28.0 Å². The normalized spacial score (nSPS) is 20.9. The first kappa shape index (κ1) is 12.3. The van der Waals surface area contributed by atoms with Crippen molar-refractivity contribution in [3.05, 3.63) is 48.5 Å². The van der Waals surface area contributed by atoms with Crippen molar-refractivity contribution in [1.82, 2.24) is 0 Å². The number of hydrogen-bond donors (Lipinski definition) is 1. The highest BCUT2D eigenvalue weighted by Gasteiger charge is 2.28. The maximum Gasteiger partial charge on any atom is 0.430 e. The minimum Gasteiger partial charge on any atom is -0.542 e. The molecule has 0 aromatic rings. The third-order valence-electron chi connectivity index (χ3n) is 1.78. The number of nitrogens with one attached hydrogen (secondary N) is 1. The van der Waals surface area contributed by atoms with Gasteiger partial charge in [0.05, 0.1) is 0 Å². The van der Waals surface area contributed by atoms with Gasteiger partial charge in [-0.2, -0.15) is 13.2 Å². The van der Waals surface area contributed by atoms with Crippen LogP contribution in [0.4, 0.5) is 13.2 Å². The molecule has 16 heavy (non-hydrogen) atoms. The summed E-state index contributed by atoms with van der Waals surface area (Å²) in [6.07, 6.45) is 9.48. The van der Waals surface area contributed by atoms with E-state index in [0.717, 1.165) is 0 Å². The molecule has 0 fully saturated rings. The summed E-state index contributed by atoms with van der Waals surface area (Å²) >= 11 is 0. The number of carbonyl (C=O) groups is 1. The summed E-state index contributed by atoms with van der Waals surface area (Å²) < 4.78 is 31.5. The van der Waals surface area contributed by atoms with Crippen LogP contribution in [-0.2, 0) is 4.79 Å². The first-order valence-electron chi connectivity index (χ1n) is 4.30. The van der Waals surface area contributed by atoms with Crippen molar-refractivity contribution >= 4 is 5.97 Å². The topological polar surface area (TPSA) is 44.6 Å². The molecule has 2 rings (SSSR count). The maximum absolute atomic E-state index is 10.5. The highest BCUT2D eigenvalue weighted by atomic mass is 19.4. The zero-order valence-corrected chi connectivity index (χ0v) is 7.99. The van der Waals surface area contributed by atoms with Gasteiger partial charge in [-0.3, -0.25) is 4.90 Å². The van der Waals surface area contributed by atoms with E-state index in [4.69, 9.17) is 9.90 Å². The fourth-order valence-corrected chi connectivity index (χ4v) is 1.07. The van der Waals surface area contributed by atoms with Gasteiger partial charge in [-0.05, 0) is 12.2 Å². The van der Waals surface area contributed by atoms with Gasteiger partial charge >= 0.3 is 6.18 Å². The fraction of sp³-hybridized carbons (Fsp3) is 0.100. The van der Waals surface area contributed by atoms with Crippen LogP contribution in [0.1, 0.15) is 0 Å². The number of carbonyl (C=O) groups excluding carboxylic acids is 1. The second-order valence-corrected chi connectivity index (χ2v) is 2.94. The van der Waals surface area contributed by atoms with E-state index in [1.165, 1.54) is 10.6 Å². The Hall–Kier alpha value is -1.82. The molecular formula is C10H8F3NO2. The summed E-state index contributed by atoms with van der Waals surface area (Å²) in [5.74, 6) is -3.01. The number of carboxylic acids is 1. The molecule has 0 aromatic carbocycles. The molecular weight excluding hydrogens is 223 g/mol. The molecule has 6 heteroatoms. The minimum absolute atomic E-state index is 1.33. The van der Waals surface area contributed by atoms with Gasteiger partial charge in [-0.25, -0.2) is 0 Å². The Bertz CT molecular complexity index is 391. The lowest BCUT2D eigenvalue weighted by Gasteiger charge is -2.06. The molecule has 0 saturated heterocycles. The van der Waals surface area contributed by atoms with Crippen LogP contribution in [0.2, 0.25) is 0 Å². The maximum atomic E-state index is 10.5. The van der Waals surface area contributed by atoms with Crippen LogP contribution in [0.5, 0.6) is 0 Å². The molecule has 2 heterocycles. The van der Waals surface area contributed by atoms with E-state index >= 15 is 0 Å². The zero-order valence-electron chi connectivity index (χ0n) is 7.99. The minimum atomic E-state index is -5.19. The molecule has 0 amide bonds. The van der Waals surface area contributed by atoms with E-state index in [-0.39, 0.29) is 0 Å². The first-order valence-corrected chi connectivity index (χ1v) is 4.30. The number of halogens is 3. The molecule has 2 aliphatic heterocycles. The molecule has 0 radical (unpaired) electrons. The highest BCUT2D eigenvalue weighted by Crippen LogP contribution is 2.11. The van der Waals surface area contributed by atoms with Crippen LogP contribution in [0.15, 0.2) is 48.5 Å². The smallest absolute Gasteiger partial charge is 0.430 e. The third-order valence-corrected chi connectivity index (χ3v) is 1.78. The largest absolute Gasteiger partial charge is 0.542 e. The van der Waals surface area contributed by atoms with E-state index in [1.54, 1.807) is 0 Å². The molecule has 0 bridgehead atoms. The van der Waals surface area contributed by atoms with Crippen LogP contribution in [0.3, 0.4) is 0 Å². The SMILES string of the molecule is C1=CC2=CC=C[NH+]2C=C1.O=C([O-])C(F)(F)F. The van der Waals surface area contributed by atoms with Crippen LogP contribution < -0.4 is 10.0 Å². The average Bonchev–Trinajstić information content (AvgIpc) is 2.64. The molecule has 0 spiro atoms. The van der Waals surface area contributed by atoms with Crippen molar-refractivity contribution in [2.24, 2.45) is 0 Å². The van der Waals surface area contributed by atoms with Crippen molar-refractivity contribution in [1.29, 1.82) is 0 Å². The Labute approximate surface area is 89.5 Å². The number of fused-ring (bicyclic) bond motifs is 1.